The van der Waals surface area contributed by atoms with Crippen molar-refractivity contribution in [1.29, 1.82) is 0 Å². The fourth-order valence-electron chi connectivity index (χ4n) is 2.79. The number of aromatic nitrogens is 2. The van der Waals surface area contributed by atoms with Crippen molar-refractivity contribution in [2.75, 3.05) is 5.75 Å². The van der Waals surface area contributed by atoms with E-state index in [9.17, 15) is 14.7 Å². The lowest BCUT2D eigenvalue weighted by molar-refractivity contribution is -0.150. The summed E-state index contributed by atoms with van der Waals surface area (Å²) in [5.41, 5.74) is 1.42. The van der Waals surface area contributed by atoms with E-state index in [2.05, 4.69) is 16.9 Å². The molecule has 8 heteroatoms. The topological polar surface area (TPSA) is 86.3 Å². The van der Waals surface area contributed by atoms with Crippen molar-refractivity contribution in [3.05, 3.63) is 46.7 Å². The van der Waals surface area contributed by atoms with Gasteiger partial charge in [-0.15, -0.1) is 0 Å². The van der Waals surface area contributed by atoms with Gasteiger partial charge in [0.15, 0.2) is 5.16 Å². The Bertz CT molecular complexity index is 797. The minimum absolute atomic E-state index is 0.154. The quantitative estimate of drug-likeness (QED) is 0.523. The van der Waals surface area contributed by atoms with Crippen molar-refractivity contribution in [2.45, 2.75) is 57.3 Å². The first-order chi connectivity index (χ1) is 13.5. The zero-order valence-electron chi connectivity index (χ0n) is 16.2. The Balaban J connectivity index is 2.25. The third-order valence-electron chi connectivity index (χ3n) is 4.21. The minimum atomic E-state index is -1.05. The standard InChI is InChI=1S/C20H26ClN3O3S/c1-3-7-18(25)24(13-14-8-5-6-9-16(14)21)17(19(26)27)11-15-12-22-20(23-15)28-10-4-2/h5-6,8-9,12,17H,3-4,7,10-11,13H2,1-2H3,(H,22,23)(H,26,27)/t17-/m0/s1. The van der Waals surface area contributed by atoms with Gasteiger partial charge in [0.25, 0.3) is 0 Å². The molecule has 0 spiro atoms. The maximum atomic E-state index is 12.7. The molecule has 1 aromatic carbocycles. The molecule has 0 bridgehead atoms. The van der Waals surface area contributed by atoms with Crippen LogP contribution in [-0.4, -0.2) is 43.6 Å². The number of rotatable bonds is 11. The molecule has 0 saturated heterocycles. The summed E-state index contributed by atoms with van der Waals surface area (Å²) in [4.78, 5) is 33.6. The number of H-pyrrole nitrogens is 1. The first-order valence-electron chi connectivity index (χ1n) is 9.38. The number of thioether (sulfide) groups is 1. The molecule has 152 valence electrons. The second-order valence-electron chi connectivity index (χ2n) is 6.48. The number of carbonyl (C=O) groups is 2. The largest absolute Gasteiger partial charge is 0.480 e. The molecule has 2 N–H and O–H groups in total. The average Bonchev–Trinajstić information content (AvgIpc) is 3.11. The van der Waals surface area contributed by atoms with Crippen LogP contribution in [0.5, 0.6) is 0 Å². The van der Waals surface area contributed by atoms with E-state index in [0.717, 1.165) is 22.9 Å². The van der Waals surface area contributed by atoms with Gasteiger partial charge in [-0.3, -0.25) is 4.79 Å². The fraction of sp³-hybridized carbons (Fsp3) is 0.450. The molecule has 1 atom stereocenters. The van der Waals surface area contributed by atoms with E-state index < -0.39 is 12.0 Å². The van der Waals surface area contributed by atoms with Crippen molar-refractivity contribution >= 4 is 35.2 Å². The van der Waals surface area contributed by atoms with Crippen LogP contribution < -0.4 is 0 Å². The van der Waals surface area contributed by atoms with Gasteiger partial charge in [0.1, 0.15) is 6.04 Å². The lowest BCUT2D eigenvalue weighted by Gasteiger charge is -2.29. The summed E-state index contributed by atoms with van der Waals surface area (Å²) in [5, 5.41) is 11.1. The fourth-order valence-corrected chi connectivity index (χ4v) is 3.72. The number of nitrogens with one attached hydrogen (secondary N) is 1. The van der Waals surface area contributed by atoms with Crippen molar-refractivity contribution in [1.82, 2.24) is 14.9 Å². The average molecular weight is 424 g/mol. The number of carbonyl (C=O) groups excluding carboxylic acids is 1. The zero-order valence-corrected chi connectivity index (χ0v) is 17.7. The summed E-state index contributed by atoms with van der Waals surface area (Å²) in [6, 6.07) is 6.18. The molecule has 0 radical (unpaired) electrons. The molecule has 0 saturated carbocycles. The molecule has 1 aromatic heterocycles. The summed E-state index contributed by atoms with van der Waals surface area (Å²) >= 11 is 7.83. The second-order valence-corrected chi connectivity index (χ2v) is 7.97. The van der Waals surface area contributed by atoms with Gasteiger partial charge in [0.05, 0.1) is 0 Å². The van der Waals surface area contributed by atoms with Crippen LogP contribution in [0.3, 0.4) is 0 Å². The van der Waals surface area contributed by atoms with Gasteiger partial charge in [-0.1, -0.05) is 55.4 Å². The van der Waals surface area contributed by atoms with E-state index in [4.69, 9.17) is 11.6 Å². The van der Waals surface area contributed by atoms with E-state index in [1.807, 2.05) is 19.1 Å². The number of imidazole rings is 1. The first-order valence-corrected chi connectivity index (χ1v) is 10.7. The molecule has 1 amide bonds. The third kappa shape index (κ3) is 6.27. The summed E-state index contributed by atoms with van der Waals surface area (Å²) in [6.07, 6.45) is 3.76. The summed E-state index contributed by atoms with van der Waals surface area (Å²) in [5.74, 6) is -0.313. The monoisotopic (exact) mass is 423 g/mol. The van der Waals surface area contributed by atoms with Gasteiger partial charge in [-0.05, 0) is 24.5 Å². The number of aliphatic carboxylic acids is 1. The van der Waals surface area contributed by atoms with E-state index in [0.29, 0.717) is 17.1 Å². The molecule has 0 aliphatic carbocycles. The van der Waals surface area contributed by atoms with Gasteiger partial charge in [0, 0.05) is 42.1 Å². The van der Waals surface area contributed by atoms with Crippen LogP contribution in [0.15, 0.2) is 35.6 Å². The first kappa shape index (κ1) is 22.3. The molecule has 1 heterocycles. The van der Waals surface area contributed by atoms with Gasteiger partial charge >= 0.3 is 5.97 Å². The SMILES string of the molecule is CCCSc1ncc(C[C@@H](C(=O)O)N(Cc2ccccc2Cl)C(=O)CCC)[nH]1. The lowest BCUT2D eigenvalue weighted by atomic mass is 10.1. The molecule has 0 aliphatic heterocycles. The smallest absolute Gasteiger partial charge is 0.326 e. The van der Waals surface area contributed by atoms with Gasteiger partial charge in [-0.2, -0.15) is 0 Å². The molecule has 0 unspecified atom stereocenters. The van der Waals surface area contributed by atoms with Gasteiger partial charge < -0.3 is 15.0 Å². The van der Waals surface area contributed by atoms with Crippen LogP contribution in [0.1, 0.15) is 44.4 Å². The van der Waals surface area contributed by atoms with Crippen LogP contribution in [0, 0.1) is 0 Å². The van der Waals surface area contributed by atoms with E-state index >= 15 is 0 Å². The highest BCUT2D eigenvalue weighted by Gasteiger charge is 2.30. The molecule has 2 aromatic rings. The number of benzene rings is 1. The van der Waals surface area contributed by atoms with Crippen LogP contribution in [0.2, 0.25) is 5.02 Å². The number of halogens is 1. The van der Waals surface area contributed by atoms with Crippen LogP contribution >= 0.6 is 23.4 Å². The summed E-state index contributed by atoms with van der Waals surface area (Å²) < 4.78 is 0. The van der Waals surface area contributed by atoms with E-state index in [1.165, 1.54) is 4.90 Å². The Morgan fingerprint density at radius 1 is 1.29 bits per heavy atom. The van der Waals surface area contributed by atoms with E-state index in [-0.39, 0.29) is 25.3 Å². The lowest BCUT2D eigenvalue weighted by Crippen LogP contribution is -2.46. The predicted octanol–water partition coefficient (Wildman–Crippen LogP) is 4.39. The predicted molar refractivity (Wildman–Crippen MR) is 112 cm³/mol. The number of aromatic amines is 1. The molecule has 6 nitrogen and oxygen atoms in total. The Morgan fingerprint density at radius 3 is 2.68 bits per heavy atom. The Kier molecular flexibility index (Phi) is 8.86. The molecule has 0 aliphatic rings. The maximum absolute atomic E-state index is 12.7. The van der Waals surface area contributed by atoms with Crippen LogP contribution in [0.4, 0.5) is 0 Å². The minimum Gasteiger partial charge on any atom is -0.480 e. The second kappa shape index (κ2) is 11.1. The van der Waals surface area contributed by atoms with Gasteiger partial charge in [-0.25, -0.2) is 9.78 Å². The van der Waals surface area contributed by atoms with Crippen molar-refractivity contribution in [2.24, 2.45) is 0 Å². The zero-order chi connectivity index (χ0) is 20.5. The third-order valence-corrected chi connectivity index (χ3v) is 5.67. The van der Waals surface area contributed by atoms with Crippen molar-refractivity contribution in [3.8, 4) is 0 Å². The molecule has 0 fully saturated rings. The van der Waals surface area contributed by atoms with Crippen LogP contribution in [-0.2, 0) is 22.6 Å². The highest BCUT2D eigenvalue weighted by Crippen LogP contribution is 2.22. The Morgan fingerprint density at radius 2 is 2.04 bits per heavy atom. The number of hydrogen-bond donors (Lipinski definition) is 2. The van der Waals surface area contributed by atoms with E-state index in [1.54, 1.807) is 30.1 Å². The maximum Gasteiger partial charge on any atom is 0.326 e. The Hall–Kier alpha value is -1.99. The number of nitrogens with zero attached hydrogens (tertiary/aromatic N) is 2. The van der Waals surface area contributed by atoms with Crippen LogP contribution in [0.25, 0.3) is 0 Å². The van der Waals surface area contributed by atoms with Crippen molar-refractivity contribution in [3.63, 3.8) is 0 Å². The highest BCUT2D eigenvalue weighted by molar-refractivity contribution is 7.99. The number of hydrogen-bond acceptors (Lipinski definition) is 4. The number of carboxylic acids is 1. The molecule has 2 rings (SSSR count). The van der Waals surface area contributed by atoms with Gasteiger partial charge in [0.2, 0.25) is 5.91 Å². The summed E-state index contributed by atoms with van der Waals surface area (Å²) in [6.45, 7) is 4.14. The Labute approximate surface area is 174 Å². The number of carboxylic acid groups (broad SMARTS) is 1. The normalized spacial score (nSPS) is 12.0. The number of amides is 1. The molecular formula is C20H26ClN3O3S. The van der Waals surface area contributed by atoms with Crippen molar-refractivity contribution < 1.29 is 14.7 Å². The molecule has 28 heavy (non-hydrogen) atoms. The summed E-state index contributed by atoms with van der Waals surface area (Å²) in [7, 11) is 0. The highest BCUT2D eigenvalue weighted by atomic mass is 35.5. The molecular weight excluding hydrogens is 398 g/mol.